The predicted octanol–water partition coefficient (Wildman–Crippen LogP) is 52.1. The summed E-state index contributed by atoms with van der Waals surface area (Å²) < 4.78 is 0. The fourth-order valence-corrected chi connectivity index (χ4v) is 10.5. The summed E-state index contributed by atoms with van der Waals surface area (Å²) in [5, 5.41) is 0. The van der Waals surface area contributed by atoms with Crippen LogP contribution in [0.3, 0.4) is 0 Å². The minimum Gasteiger partial charge on any atom is -0.300 e. The highest BCUT2D eigenvalue weighted by atomic mass is 16.1. The van der Waals surface area contributed by atoms with Gasteiger partial charge in [-0.25, -0.2) is 0 Å². The lowest BCUT2D eigenvalue weighted by atomic mass is 10.1. The third kappa shape index (κ3) is 437. The molecule has 0 amide bonds. The summed E-state index contributed by atoms with van der Waals surface area (Å²) in [5.41, 5.74) is 0. The van der Waals surface area contributed by atoms with E-state index in [2.05, 4.69) is 270 Å². The van der Waals surface area contributed by atoms with Crippen LogP contribution in [0.15, 0.2) is 0 Å². The molecule has 0 radical (unpaired) electrons. The number of unbranched alkanes of at least 4 members (excludes halogenated alkanes) is 61. The van der Waals surface area contributed by atoms with Crippen LogP contribution in [0.2, 0.25) is 0 Å². The standard InChI is InChI=1S/C9H18O.19C6H14/c1-3-4-5-6-7-8-9(2)10;19*1-3-5-6-4-2/h3-8H2,1-2H3;19*3-6H2,1-2H3. The number of rotatable bonds is 63. The van der Waals surface area contributed by atoms with Crippen LogP contribution in [0, 0.1) is 0 Å². The smallest absolute Gasteiger partial charge is 0.129 e. The quantitative estimate of drug-likeness (QED) is 0.0555. The van der Waals surface area contributed by atoms with Crippen LogP contribution in [0.25, 0.3) is 0 Å². The molecule has 0 fully saturated rings. The van der Waals surface area contributed by atoms with E-state index in [4.69, 9.17) is 0 Å². The molecule has 0 aliphatic rings. The molecule has 782 valence electrons. The highest BCUT2D eigenvalue weighted by Gasteiger charge is 1.93. The van der Waals surface area contributed by atoms with Crippen LogP contribution in [-0.2, 0) is 4.79 Å². The van der Waals surface area contributed by atoms with E-state index in [9.17, 15) is 4.79 Å². The zero-order valence-electron chi connectivity index (χ0n) is 98.9. The Kier molecular flexibility index (Phi) is 354. The zero-order valence-corrected chi connectivity index (χ0v) is 98.9. The van der Waals surface area contributed by atoms with Crippen LogP contribution in [0.5, 0.6) is 0 Å². The number of hydrogen-bond donors (Lipinski definition) is 0. The van der Waals surface area contributed by atoms with Gasteiger partial charge in [-0.05, 0) is 13.3 Å². The molecule has 0 saturated heterocycles. The SMILES string of the molecule is CCCCCC.CCCCCC.CCCCCC.CCCCCC.CCCCCC.CCCCCC.CCCCCC.CCCCCC.CCCCCC.CCCCCC.CCCCCC.CCCCCC.CCCCCC.CCCCCC.CCCCCC.CCCCCC.CCCCCC.CCCCCC.CCCCCC.CCCCCCCC(C)=O. The maximum absolute atomic E-state index is 10.5. The van der Waals surface area contributed by atoms with Gasteiger partial charge in [0.25, 0.3) is 0 Å². The van der Waals surface area contributed by atoms with Crippen molar-refractivity contribution in [2.45, 2.75) is 803 Å². The molecule has 0 unspecified atom stereocenters. The van der Waals surface area contributed by atoms with E-state index in [0.29, 0.717) is 5.78 Å². The zero-order chi connectivity index (χ0) is 99.6. The van der Waals surface area contributed by atoms with Gasteiger partial charge in [0, 0.05) is 6.42 Å². The van der Waals surface area contributed by atoms with Crippen molar-refractivity contribution >= 4 is 5.78 Å². The molecule has 1 heteroatoms. The van der Waals surface area contributed by atoms with Gasteiger partial charge in [-0.2, -0.15) is 0 Å². The van der Waals surface area contributed by atoms with E-state index < -0.39 is 0 Å². The molecule has 0 heterocycles. The molecule has 0 aromatic rings. The summed E-state index contributed by atoms with van der Waals surface area (Å²) in [6.45, 7) is 88.7. The second-order valence-corrected chi connectivity index (χ2v) is 35.3. The van der Waals surface area contributed by atoms with E-state index in [0.717, 1.165) is 12.8 Å². The Bertz CT molecular complexity index is 742. The van der Waals surface area contributed by atoms with Crippen molar-refractivity contribution in [3.8, 4) is 0 Å². The maximum Gasteiger partial charge on any atom is 0.129 e. The third-order valence-corrected chi connectivity index (χ3v) is 19.8. The van der Waals surface area contributed by atoms with Crippen molar-refractivity contribution in [3.63, 3.8) is 0 Å². The van der Waals surface area contributed by atoms with E-state index in [1.54, 1.807) is 6.92 Å². The maximum atomic E-state index is 10.5. The Morgan fingerprint density at radius 2 is 0.137 bits per heavy atom. The van der Waals surface area contributed by atoms with Crippen LogP contribution in [-0.4, -0.2) is 5.78 Å². The normalized spacial score (nSPS) is 9.06. The molecule has 0 aliphatic carbocycles. The van der Waals surface area contributed by atoms with Gasteiger partial charge < -0.3 is 4.79 Å². The highest BCUT2D eigenvalue weighted by Crippen LogP contribution is 2.07. The van der Waals surface area contributed by atoms with E-state index >= 15 is 0 Å². The Balaban J connectivity index is -0.0000000511. The van der Waals surface area contributed by atoms with Crippen molar-refractivity contribution in [2.24, 2.45) is 0 Å². The van der Waals surface area contributed by atoms with Crippen LogP contribution >= 0.6 is 0 Å². The minimum atomic E-state index is 0.330. The molecule has 0 aromatic carbocycles. The molecule has 1 nitrogen and oxygen atoms in total. The molecular formula is C123H284O. The Labute approximate surface area is 809 Å². The van der Waals surface area contributed by atoms with Gasteiger partial charge in [0.1, 0.15) is 5.78 Å². The van der Waals surface area contributed by atoms with Crippen molar-refractivity contribution in [2.75, 3.05) is 0 Å². The molecule has 0 spiro atoms. The van der Waals surface area contributed by atoms with Crippen molar-refractivity contribution in [1.82, 2.24) is 0 Å². The summed E-state index contributed by atoms with van der Waals surface area (Å²) in [7, 11) is 0. The van der Waals surface area contributed by atoms with Crippen molar-refractivity contribution in [1.29, 1.82) is 0 Å². The van der Waals surface area contributed by atoms with E-state index in [-0.39, 0.29) is 0 Å². The Morgan fingerprint density at radius 1 is 0.0887 bits per heavy atom. The summed E-state index contributed by atoms with van der Waals surface area (Å²) in [4.78, 5) is 10.5. The highest BCUT2D eigenvalue weighted by molar-refractivity contribution is 5.75. The van der Waals surface area contributed by atoms with Gasteiger partial charge in [0.05, 0.1) is 0 Å². The number of carbonyl (C=O) groups is 1. The van der Waals surface area contributed by atoms with Crippen molar-refractivity contribution in [3.05, 3.63) is 0 Å². The largest absolute Gasteiger partial charge is 0.300 e. The summed E-state index contributed by atoms with van der Waals surface area (Å²) in [6.07, 6.45) is 112. The first-order chi connectivity index (χ1) is 60.1. The lowest BCUT2D eigenvalue weighted by molar-refractivity contribution is -0.117. The van der Waals surface area contributed by atoms with Gasteiger partial charge >= 0.3 is 0 Å². The first-order valence-corrected chi connectivity index (χ1v) is 59.6. The Morgan fingerprint density at radius 3 is 0.185 bits per heavy atom. The van der Waals surface area contributed by atoms with Gasteiger partial charge in [0.15, 0.2) is 0 Å². The lowest BCUT2D eigenvalue weighted by Crippen LogP contribution is -1.88. The summed E-state index contributed by atoms with van der Waals surface area (Å²) in [5.74, 6) is 0.330. The molecular weight excluding hydrogens is 1490 g/mol. The third-order valence-electron chi connectivity index (χ3n) is 19.8. The number of Topliss-reactive ketones (excluding diaryl/α,β-unsaturated/α-hetero) is 1. The van der Waals surface area contributed by atoms with Gasteiger partial charge in [-0.3, -0.25) is 0 Å². The topological polar surface area (TPSA) is 17.1 Å². The average Bonchev–Trinajstić information content (AvgIpc) is 1.14. The Hall–Kier alpha value is -0.330. The second kappa shape index (κ2) is 253. The first kappa shape index (κ1) is 173. The number of carbonyl (C=O) groups excluding carboxylic acids is 1. The molecule has 0 rings (SSSR count). The number of hydrogen-bond acceptors (Lipinski definition) is 1. The summed E-state index contributed by atoms with van der Waals surface area (Å²) in [6, 6.07) is 0. The van der Waals surface area contributed by atoms with Gasteiger partial charge in [-0.15, -0.1) is 0 Å². The summed E-state index contributed by atoms with van der Waals surface area (Å²) >= 11 is 0. The first-order valence-electron chi connectivity index (χ1n) is 59.6. The molecule has 124 heavy (non-hydrogen) atoms. The molecule has 0 atom stereocenters. The molecule has 0 aromatic heterocycles. The monoisotopic (exact) mass is 1780 g/mol. The van der Waals surface area contributed by atoms with Crippen molar-refractivity contribution < 1.29 is 4.79 Å². The van der Waals surface area contributed by atoms with E-state index in [1.165, 1.54) is 514 Å². The molecule has 0 aliphatic heterocycles. The minimum absolute atomic E-state index is 0.330. The number of ketones is 1. The molecule has 0 bridgehead atoms. The predicted molar refractivity (Wildman–Crippen MR) is 611 cm³/mol. The average molecular weight is 1780 g/mol. The molecule has 0 saturated carbocycles. The fraction of sp³-hybridized carbons (Fsp3) is 0.992. The molecule has 0 N–H and O–H groups in total. The van der Waals surface area contributed by atoms with Gasteiger partial charge in [0.2, 0.25) is 0 Å². The van der Waals surface area contributed by atoms with Crippen LogP contribution in [0.1, 0.15) is 803 Å². The second-order valence-electron chi connectivity index (χ2n) is 35.3. The van der Waals surface area contributed by atoms with Crippen LogP contribution < -0.4 is 0 Å². The van der Waals surface area contributed by atoms with Gasteiger partial charge in [-0.1, -0.05) is 784 Å². The fourth-order valence-electron chi connectivity index (χ4n) is 10.5. The van der Waals surface area contributed by atoms with E-state index in [1.807, 2.05) is 0 Å². The lowest BCUT2D eigenvalue weighted by Gasteiger charge is -1.95. The van der Waals surface area contributed by atoms with Crippen LogP contribution in [0.4, 0.5) is 0 Å².